The Balaban J connectivity index is 2.02. The third-order valence-electron chi connectivity index (χ3n) is 3.67. The minimum atomic E-state index is -0.546. The van der Waals surface area contributed by atoms with Crippen LogP contribution in [0.2, 0.25) is 0 Å². The molecule has 2 aromatic carbocycles. The van der Waals surface area contributed by atoms with E-state index in [1.54, 1.807) is 11.0 Å². The Morgan fingerprint density at radius 2 is 1.96 bits per heavy atom. The fourth-order valence-corrected chi connectivity index (χ4v) is 2.22. The van der Waals surface area contributed by atoms with Crippen molar-refractivity contribution in [1.29, 1.82) is 0 Å². The number of hydrogen-bond donors (Lipinski definition) is 0. The van der Waals surface area contributed by atoms with Crippen molar-refractivity contribution in [2.75, 3.05) is 0 Å². The number of imidazole rings is 1. The van der Waals surface area contributed by atoms with Crippen molar-refractivity contribution in [3.63, 3.8) is 0 Å². The van der Waals surface area contributed by atoms with Gasteiger partial charge in [-0.15, -0.1) is 0 Å². The summed E-state index contributed by atoms with van der Waals surface area (Å²) in [6, 6.07) is 7.47. The highest BCUT2D eigenvalue weighted by atomic mass is 16.6. The summed E-state index contributed by atoms with van der Waals surface area (Å²) in [4.78, 5) is 14.5. The van der Waals surface area contributed by atoms with Crippen LogP contribution in [0.25, 0.3) is 11.0 Å². The van der Waals surface area contributed by atoms with Crippen molar-refractivity contribution >= 4 is 22.9 Å². The molecular formula is C16H13N4O3-. The molecule has 116 valence electrons. The quantitative estimate of drug-likeness (QED) is 0.422. The van der Waals surface area contributed by atoms with Crippen LogP contribution < -0.4 is 5.11 Å². The first kappa shape index (κ1) is 14.7. The van der Waals surface area contributed by atoms with Crippen LogP contribution in [-0.4, -0.2) is 20.8 Å². The van der Waals surface area contributed by atoms with Crippen LogP contribution in [0.5, 0.6) is 5.75 Å². The number of rotatable bonds is 3. The summed E-state index contributed by atoms with van der Waals surface area (Å²) < 4.78 is 1.54. The van der Waals surface area contributed by atoms with Gasteiger partial charge in [-0.05, 0) is 42.7 Å². The van der Waals surface area contributed by atoms with Crippen LogP contribution >= 0.6 is 0 Å². The van der Waals surface area contributed by atoms with E-state index in [1.807, 2.05) is 26.0 Å². The summed E-state index contributed by atoms with van der Waals surface area (Å²) in [6.07, 6.45) is 2.85. The van der Waals surface area contributed by atoms with Crippen LogP contribution in [0.15, 0.2) is 41.8 Å². The summed E-state index contributed by atoms with van der Waals surface area (Å²) in [5.41, 5.74) is 3.85. The van der Waals surface area contributed by atoms with Gasteiger partial charge in [0, 0.05) is 12.1 Å². The number of non-ortho nitro benzene ring substituents is 1. The van der Waals surface area contributed by atoms with Crippen molar-refractivity contribution in [2.24, 2.45) is 5.10 Å². The lowest BCUT2D eigenvalue weighted by Gasteiger charge is -2.08. The maximum atomic E-state index is 11.8. The Hall–Kier alpha value is -3.22. The maximum absolute atomic E-state index is 11.8. The average molecular weight is 309 g/mol. The summed E-state index contributed by atoms with van der Waals surface area (Å²) in [7, 11) is 0. The molecule has 7 nitrogen and oxygen atoms in total. The Morgan fingerprint density at radius 1 is 1.22 bits per heavy atom. The van der Waals surface area contributed by atoms with Gasteiger partial charge in [0.05, 0.1) is 22.2 Å². The molecule has 0 atom stereocenters. The van der Waals surface area contributed by atoms with E-state index >= 15 is 0 Å². The van der Waals surface area contributed by atoms with E-state index in [-0.39, 0.29) is 17.0 Å². The SMILES string of the molecule is Cc1cc2ncn(/N=C\c3cc([N+](=O)[O-])ccc3[O-])c2cc1C. The first-order chi connectivity index (χ1) is 11.0. The molecule has 3 aromatic rings. The normalized spacial score (nSPS) is 11.4. The topological polar surface area (TPSA) is 96.4 Å². The second-order valence-corrected chi connectivity index (χ2v) is 5.24. The van der Waals surface area contributed by atoms with Gasteiger partial charge < -0.3 is 5.11 Å². The molecular weight excluding hydrogens is 296 g/mol. The molecule has 0 saturated carbocycles. The largest absolute Gasteiger partial charge is 0.872 e. The lowest BCUT2D eigenvalue weighted by Crippen LogP contribution is -1.99. The third kappa shape index (κ3) is 2.76. The number of nitro groups is 1. The fourth-order valence-electron chi connectivity index (χ4n) is 2.22. The first-order valence-electron chi connectivity index (χ1n) is 6.90. The summed E-state index contributed by atoms with van der Waals surface area (Å²) in [5.74, 6) is -0.323. The summed E-state index contributed by atoms with van der Waals surface area (Å²) in [5, 5.41) is 26.8. The second-order valence-electron chi connectivity index (χ2n) is 5.24. The van der Waals surface area contributed by atoms with Crippen LogP contribution in [0, 0.1) is 24.0 Å². The number of fused-ring (bicyclic) bond motifs is 1. The molecule has 0 aliphatic rings. The van der Waals surface area contributed by atoms with Gasteiger partial charge in [0.25, 0.3) is 5.69 Å². The van der Waals surface area contributed by atoms with Gasteiger partial charge in [-0.2, -0.15) is 5.10 Å². The van der Waals surface area contributed by atoms with Crippen molar-refractivity contribution in [3.05, 3.63) is 63.5 Å². The molecule has 0 aliphatic heterocycles. The van der Waals surface area contributed by atoms with Crippen LogP contribution in [0.3, 0.4) is 0 Å². The predicted molar refractivity (Wildman–Crippen MR) is 84.7 cm³/mol. The fraction of sp³-hybridized carbons (Fsp3) is 0.125. The minimum Gasteiger partial charge on any atom is -0.872 e. The number of hydrogen-bond acceptors (Lipinski definition) is 5. The van der Waals surface area contributed by atoms with Gasteiger partial charge in [-0.1, -0.05) is 11.8 Å². The zero-order valence-corrected chi connectivity index (χ0v) is 12.6. The van der Waals surface area contributed by atoms with Gasteiger partial charge in [0.2, 0.25) is 0 Å². The maximum Gasteiger partial charge on any atom is 0.270 e. The molecule has 23 heavy (non-hydrogen) atoms. The van der Waals surface area contributed by atoms with E-state index in [2.05, 4.69) is 10.1 Å². The number of aromatic nitrogens is 2. The standard InChI is InChI=1S/C16H14N4O3/c1-10-5-14-15(6-11(10)2)19(9-17-14)18-8-12-7-13(20(22)23)3-4-16(12)21/h3-9,21H,1-2H3/p-1/b18-8-. The lowest BCUT2D eigenvalue weighted by atomic mass is 10.1. The molecule has 0 N–H and O–H groups in total. The van der Waals surface area contributed by atoms with E-state index in [9.17, 15) is 15.2 Å². The lowest BCUT2D eigenvalue weighted by molar-refractivity contribution is -0.385. The molecule has 0 fully saturated rings. The molecule has 1 heterocycles. The molecule has 0 amide bonds. The molecule has 1 aromatic heterocycles. The molecule has 7 heteroatoms. The van der Waals surface area contributed by atoms with Gasteiger partial charge in [-0.25, -0.2) is 9.66 Å². The van der Waals surface area contributed by atoms with E-state index in [0.29, 0.717) is 0 Å². The Labute approximate surface area is 131 Å². The first-order valence-corrected chi connectivity index (χ1v) is 6.90. The van der Waals surface area contributed by atoms with Gasteiger partial charge >= 0.3 is 0 Å². The predicted octanol–water partition coefficient (Wildman–Crippen LogP) is 2.52. The summed E-state index contributed by atoms with van der Waals surface area (Å²) in [6.45, 7) is 4.00. The highest BCUT2D eigenvalue weighted by Crippen LogP contribution is 2.21. The van der Waals surface area contributed by atoms with Gasteiger partial charge in [0.1, 0.15) is 6.33 Å². The van der Waals surface area contributed by atoms with Crippen molar-refractivity contribution in [1.82, 2.24) is 9.66 Å². The molecule has 0 bridgehead atoms. The zero-order valence-electron chi connectivity index (χ0n) is 12.6. The van der Waals surface area contributed by atoms with Crippen LogP contribution in [0.4, 0.5) is 5.69 Å². The zero-order chi connectivity index (χ0) is 16.6. The third-order valence-corrected chi connectivity index (χ3v) is 3.67. The number of nitrogens with zero attached hydrogens (tertiary/aromatic N) is 4. The Kier molecular flexibility index (Phi) is 3.53. The minimum absolute atomic E-state index is 0.145. The van der Waals surface area contributed by atoms with E-state index < -0.39 is 4.92 Å². The molecule has 0 aliphatic carbocycles. The highest BCUT2D eigenvalue weighted by Gasteiger charge is 2.07. The molecule has 0 saturated heterocycles. The van der Waals surface area contributed by atoms with E-state index in [0.717, 1.165) is 22.2 Å². The molecule has 0 unspecified atom stereocenters. The number of aryl methyl sites for hydroxylation is 2. The number of nitro benzene ring substituents is 1. The van der Waals surface area contributed by atoms with E-state index in [4.69, 9.17) is 0 Å². The van der Waals surface area contributed by atoms with Crippen molar-refractivity contribution in [2.45, 2.75) is 13.8 Å². The van der Waals surface area contributed by atoms with Crippen molar-refractivity contribution < 1.29 is 10.0 Å². The average Bonchev–Trinajstić information content (AvgIpc) is 2.89. The highest BCUT2D eigenvalue weighted by molar-refractivity contribution is 5.85. The molecule has 3 rings (SSSR count). The van der Waals surface area contributed by atoms with Crippen LogP contribution in [-0.2, 0) is 0 Å². The van der Waals surface area contributed by atoms with E-state index in [1.165, 1.54) is 24.4 Å². The molecule has 0 spiro atoms. The Bertz CT molecular complexity index is 944. The smallest absolute Gasteiger partial charge is 0.270 e. The van der Waals surface area contributed by atoms with Crippen LogP contribution in [0.1, 0.15) is 16.7 Å². The van der Waals surface area contributed by atoms with Gasteiger partial charge in [0.15, 0.2) is 0 Å². The summed E-state index contributed by atoms with van der Waals surface area (Å²) >= 11 is 0. The monoisotopic (exact) mass is 309 g/mol. The molecule has 0 radical (unpaired) electrons. The number of benzene rings is 2. The Morgan fingerprint density at radius 3 is 2.70 bits per heavy atom. The van der Waals surface area contributed by atoms with Crippen molar-refractivity contribution in [3.8, 4) is 5.75 Å². The van der Waals surface area contributed by atoms with Gasteiger partial charge in [-0.3, -0.25) is 10.1 Å². The second kappa shape index (κ2) is 5.53.